The van der Waals surface area contributed by atoms with E-state index in [1.165, 1.54) is 12.1 Å². The fourth-order valence-electron chi connectivity index (χ4n) is 2.97. The lowest BCUT2D eigenvalue weighted by Crippen LogP contribution is -2.51. The molecule has 1 amide bonds. The van der Waals surface area contributed by atoms with Crippen molar-refractivity contribution in [3.63, 3.8) is 0 Å². The van der Waals surface area contributed by atoms with Crippen LogP contribution in [-0.2, 0) is 10.0 Å². The maximum absolute atomic E-state index is 12.7. The number of nitrogens with one attached hydrogen (secondary N) is 2. The number of sulfonamides is 1. The summed E-state index contributed by atoms with van der Waals surface area (Å²) in [7, 11) is -2.26. The molecule has 1 aliphatic heterocycles. The molecule has 0 bridgehead atoms. The van der Waals surface area contributed by atoms with E-state index in [1.54, 1.807) is 48.4 Å². The minimum absolute atomic E-state index is 0.0485. The molecule has 1 saturated heterocycles. The number of piperazine rings is 1. The Morgan fingerprint density at radius 2 is 1.96 bits per heavy atom. The minimum atomic E-state index is -3.80. The van der Waals surface area contributed by atoms with E-state index in [9.17, 15) is 13.2 Å². The van der Waals surface area contributed by atoms with Crippen molar-refractivity contribution in [1.82, 2.24) is 10.2 Å². The van der Waals surface area contributed by atoms with E-state index in [2.05, 4.69) is 10.0 Å². The van der Waals surface area contributed by atoms with Gasteiger partial charge in [0.15, 0.2) is 0 Å². The SMILES string of the molecule is COc1ccc(NS(=O)(=O)c2cccc(C(=O)N3CCNC(C)C3)c2)cc1. The molecular weight excluding hydrogens is 366 g/mol. The molecule has 0 aliphatic carbocycles. The number of rotatable bonds is 5. The normalized spacial score (nSPS) is 17.4. The molecule has 1 fully saturated rings. The number of carbonyl (C=O) groups excluding carboxylic acids is 1. The number of amides is 1. The second-order valence-corrected chi connectivity index (χ2v) is 8.15. The number of hydrogen-bond acceptors (Lipinski definition) is 5. The topological polar surface area (TPSA) is 87.7 Å². The van der Waals surface area contributed by atoms with Gasteiger partial charge in [-0.05, 0) is 49.4 Å². The quantitative estimate of drug-likeness (QED) is 0.816. The Bertz CT molecular complexity index is 913. The van der Waals surface area contributed by atoms with E-state index >= 15 is 0 Å². The zero-order valence-electron chi connectivity index (χ0n) is 15.3. The lowest BCUT2D eigenvalue weighted by atomic mass is 10.1. The molecule has 27 heavy (non-hydrogen) atoms. The van der Waals surface area contributed by atoms with Gasteiger partial charge in [0.1, 0.15) is 5.75 Å². The molecule has 2 aromatic carbocycles. The van der Waals surface area contributed by atoms with Gasteiger partial charge in [0, 0.05) is 36.9 Å². The first-order valence-electron chi connectivity index (χ1n) is 8.68. The third kappa shape index (κ3) is 4.58. The number of anilines is 1. The Balaban J connectivity index is 1.79. The van der Waals surface area contributed by atoms with Gasteiger partial charge in [-0.15, -0.1) is 0 Å². The molecule has 2 N–H and O–H groups in total. The molecule has 1 unspecified atom stereocenters. The van der Waals surface area contributed by atoms with Crippen molar-refractivity contribution >= 4 is 21.6 Å². The van der Waals surface area contributed by atoms with Crippen molar-refractivity contribution in [1.29, 1.82) is 0 Å². The molecule has 1 atom stereocenters. The van der Waals surface area contributed by atoms with Gasteiger partial charge in [0.2, 0.25) is 0 Å². The highest BCUT2D eigenvalue weighted by atomic mass is 32.2. The summed E-state index contributed by atoms with van der Waals surface area (Å²) in [6.45, 7) is 3.94. The molecular formula is C19H23N3O4S. The molecule has 0 saturated carbocycles. The van der Waals surface area contributed by atoms with Gasteiger partial charge in [0.25, 0.3) is 15.9 Å². The van der Waals surface area contributed by atoms with Crippen molar-refractivity contribution in [3.8, 4) is 5.75 Å². The van der Waals surface area contributed by atoms with Crippen molar-refractivity contribution in [3.05, 3.63) is 54.1 Å². The van der Waals surface area contributed by atoms with E-state index in [0.717, 1.165) is 6.54 Å². The Hall–Kier alpha value is -2.58. The third-order valence-corrected chi connectivity index (χ3v) is 5.77. The first-order valence-corrected chi connectivity index (χ1v) is 10.2. The summed E-state index contributed by atoms with van der Waals surface area (Å²) in [6, 6.07) is 12.9. The van der Waals surface area contributed by atoms with Gasteiger partial charge in [0.05, 0.1) is 12.0 Å². The second kappa shape index (κ2) is 7.98. The minimum Gasteiger partial charge on any atom is -0.497 e. The number of benzene rings is 2. The average molecular weight is 389 g/mol. The predicted molar refractivity (Wildman–Crippen MR) is 104 cm³/mol. The summed E-state index contributed by atoms with van der Waals surface area (Å²) in [5.74, 6) is 0.473. The number of hydrogen-bond donors (Lipinski definition) is 2. The first kappa shape index (κ1) is 19.2. The second-order valence-electron chi connectivity index (χ2n) is 6.47. The molecule has 3 rings (SSSR count). The number of methoxy groups -OCH3 is 1. The van der Waals surface area contributed by atoms with E-state index in [-0.39, 0.29) is 16.8 Å². The van der Waals surface area contributed by atoms with Crippen molar-refractivity contribution in [2.45, 2.75) is 17.9 Å². The van der Waals surface area contributed by atoms with E-state index < -0.39 is 10.0 Å². The summed E-state index contributed by atoms with van der Waals surface area (Å²) in [6.07, 6.45) is 0. The maximum atomic E-state index is 12.7. The standard InChI is InChI=1S/C19H23N3O4S/c1-14-13-22(11-10-20-14)19(23)15-4-3-5-18(12-15)27(24,25)21-16-6-8-17(26-2)9-7-16/h3-9,12,14,20-21H,10-11,13H2,1-2H3. The van der Waals surface area contributed by atoms with Gasteiger partial charge >= 0.3 is 0 Å². The highest BCUT2D eigenvalue weighted by molar-refractivity contribution is 7.92. The van der Waals surface area contributed by atoms with Crippen LogP contribution < -0.4 is 14.8 Å². The molecule has 1 aliphatic rings. The van der Waals surface area contributed by atoms with Gasteiger partial charge < -0.3 is 15.0 Å². The van der Waals surface area contributed by atoms with Crippen LogP contribution in [0.25, 0.3) is 0 Å². The zero-order chi connectivity index (χ0) is 19.4. The van der Waals surface area contributed by atoms with Gasteiger partial charge in [-0.3, -0.25) is 9.52 Å². The summed E-state index contributed by atoms with van der Waals surface area (Å²) >= 11 is 0. The highest BCUT2D eigenvalue weighted by Gasteiger charge is 2.23. The molecule has 1 heterocycles. The van der Waals surface area contributed by atoms with Gasteiger partial charge in [-0.1, -0.05) is 6.07 Å². The van der Waals surface area contributed by atoms with Crippen LogP contribution in [0.5, 0.6) is 5.75 Å². The summed E-state index contributed by atoms with van der Waals surface area (Å²) in [5.41, 5.74) is 0.783. The fraction of sp³-hybridized carbons (Fsp3) is 0.316. The van der Waals surface area contributed by atoms with Gasteiger partial charge in [-0.25, -0.2) is 8.42 Å². The summed E-state index contributed by atoms with van der Waals surface area (Å²) < 4.78 is 33.0. The van der Waals surface area contributed by atoms with Gasteiger partial charge in [-0.2, -0.15) is 0 Å². The molecule has 2 aromatic rings. The van der Waals surface area contributed by atoms with Crippen LogP contribution in [0.4, 0.5) is 5.69 Å². The summed E-state index contributed by atoms with van der Waals surface area (Å²) in [5, 5.41) is 3.28. The van der Waals surface area contributed by atoms with Crippen molar-refractivity contribution in [2.24, 2.45) is 0 Å². The Morgan fingerprint density at radius 3 is 2.63 bits per heavy atom. The lowest BCUT2D eigenvalue weighted by molar-refractivity contribution is 0.0709. The number of carbonyl (C=O) groups is 1. The largest absolute Gasteiger partial charge is 0.497 e. The Morgan fingerprint density at radius 1 is 1.22 bits per heavy atom. The van der Waals surface area contributed by atoms with Crippen LogP contribution in [0.15, 0.2) is 53.4 Å². The van der Waals surface area contributed by atoms with Crippen LogP contribution >= 0.6 is 0 Å². The third-order valence-electron chi connectivity index (χ3n) is 4.39. The van der Waals surface area contributed by atoms with E-state index in [0.29, 0.717) is 30.1 Å². The number of ether oxygens (including phenoxy) is 1. The number of nitrogens with zero attached hydrogens (tertiary/aromatic N) is 1. The monoisotopic (exact) mass is 389 g/mol. The molecule has 144 valence electrons. The van der Waals surface area contributed by atoms with Crippen LogP contribution in [-0.4, -0.2) is 52.0 Å². The van der Waals surface area contributed by atoms with Crippen LogP contribution in [0.2, 0.25) is 0 Å². The van der Waals surface area contributed by atoms with E-state index in [4.69, 9.17) is 4.74 Å². The van der Waals surface area contributed by atoms with Crippen LogP contribution in [0, 0.1) is 0 Å². The van der Waals surface area contributed by atoms with Crippen LogP contribution in [0.3, 0.4) is 0 Å². The summed E-state index contributed by atoms with van der Waals surface area (Å²) in [4.78, 5) is 14.5. The zero-order valence-corrected chi connectivity index (χ0v) is 16.1. The molecule has 7 nitrogen and oxygen atoms in total. The fourth-order valence-corrected chi connectivity index (χ4v) is 4.07. The lowest BCUT2D eigenvalue weighted by Gasteiger charge is -2.32. The predicted octanol–water partition coefficient (Wildman–Crippen LogP) is 1.93. The van der Waals surface area contributed by atoms with Crippen LogP contribution in [0.1, 0.15) is 17.3 Å². The first-order chi connectivity index (χ1) is 12.9. The maximum Gasteiger partial charge on any atom is 0.261 e. The average Bonchev–Trinajstić information content (AvgIpc) is 2.68. The highest BCUT2D eigenvalue weighted by Crippen LogP contribution is 2.20. The molecule has 8 heteroatoms. The molecule has 0 aromatic heterocycles. The van der Waals surface area contributed by atoms with E-state index in [1.807, 2.05) is 6.92 Å². The molecule has 0 spiro atoms. The Labute approximate surface area is 159 Å². The smallest absolute Gasteiger partial charge is 0.261 e. The van der Waals surface area contributed by atoms with Crippen molar-refractivity contribution in [2.75, 3.05) is 31.5 Å². The molecule has 0 radical (unpaired) electrons. The van der Waals surface area contributed by atoms with Crippen molar-refractivity contribution < 1.29 is 17.9 Å². The Kier molecular flexibility index (Phi) is 5.67.